The van der Waals surface area contributed by atoms with Gasteiger partial charge >= 0.3 is 6.18 Å². The Kier molecular flexibility index (Phi) is 11.3. The van der Waals surface area contributed by atoms with Gasteiger partial charge in [-0.15, -0.1) is 0 Å². The van der Waals surface area contributed by atoms with Crippen LogP contribution in [0.1, 0.15) is 88.7 Å². The number of halogens is 3. The monoisotopic (exact) mass is 599 g/mol. The summed E-state index contributed by atoms with van der Waals surface area (Å²) < 4.78 is 39.0. The molecule has 2 aliphatic rings. The van der Waals surface area contributed by atoms with Crippen molar-refractivity contribution in [3.63, 3.8) is 0 Å². The van der Waals surface area contributed by atoms with E-state index in [0.717, 1.165) is 74.6 Å². The largest absolute Gasteiger partial charge is 0.416 e. The Balaban J connectivity index is 1.47. The first-order chi connectivity index (χ1) is 20.6. The van der Waals surface area contributed by atoms with Crippen molar-refractivity contribution >= 4 is 17.7 Å². The molecule has 1 saturated carbocycles. The van der Waals surface area contributed by atoms with Crippen LogP contribution in [0.3, 0.4) is 0 Å². The van der Waals surface area contributed by atoms with Gasteiger partial charge in [-0.3, -0.25) is 14.4 Å². The molecule has 1 heterocycles. The van der Waals surface area contributed by atoms with Crippen molar-refractivity contribution < 1.29 is 27.6 Å². The van der Waals surface area contributed by atoms with Crippen LogP contribution in [0.4, 0.5) is 13.2 Å². The predicted molar refractivity (Wildman–Crippen MR) is 160 cm³/mol. The molecule has 2 aromatic carbocycles. The molecule has 0 aromatic heterocycles. The lowest BCUT2D eigenvalue weighted by atomic mass is 9.80. The highest BCUT2D eigenvalue weighted by molar-refractivity contribution is 5.91. The Labute approximate surface area is 252 Å². The van der Waals surface area contributed by atoms with Gasteiger partial charge in [0.1, 0.15) is 6.04 Å². The first-order valence-electron chi connectivity index (χ1n) is 15.7. The van der Waals surface area contributed by atoms with E-state index in [-0.39, 0.29) is 11.8 Å². The Hall–Kier alpha value is -3.36. The summed E-state index contributed by atoms with van der Waals surface area (Å²) in [5.74, 6) is -1.57. The van der Waals surface area contributed by atoms with Crippen LogP contribution in [0.2, 0.25) is 0 Å². The van der Waals surface area contributed by atoms with E-state index in [1.165, 1.54) is 12.1 Å². The fraction of sp³-hybridized carbons (Fsp3) is 0.559. The number of carbonyl (C=O) groups excluding carboxylic acids is 3. The molecular weight excluding hydrogens is 555 g/mol. The zero-order valence-corrected chi connectivity index (χ0v) is 25.0. The number of alkyl halides is 3. The summed E-state index contributed by atoms with van der Waals surface area (Å²) in [6, 6.07) is 11.8. The molecule has 1 aliphatic heterocycles. The van der Waals surface area contributed by atoms with Crippen LogP contribution >= 0.6 is 0 Å². The molecule has 9 heteroatoms. The molecule has 3 N–H and O–H groups in total. The van der Waals surface area contributed by atoms with Crippen LogP contribution < -0.4 is 11.1 Å². The first-order valence-corrected chi connectivity index (χ1v) is 15.7. The van der Waals surface area contributed by atoms with Gasteiger partial charge in [0.05, 0.1) is 5.56 Å². The minimum atomic E-state index is -4.40. The van der Waals surface area contributed by atoms with E-state index in [0.29, 0.717) is 43.8 Å². The standard InChI is InChI=1S/C34H44F3N3O3/c1-2-3-13-28(31(38)41)29(21-23-9-4-5-10-23)32(42)39-30-14-6-7-19-40(33(30)43)22-24-11-8-12-26(20-24)25-15-17-27(18-16-25)34(35,36)37/h8,11-12,15-18,20,23,28-30H,2-7,9-10,13-14,19,21-22H2,1H3,(H2,38,41)(H,39,42)/t28-,29+,30-/m0/s1. The topological polar surface area (TPSA) is 92.5 Å². The number of likely N-dealkylation sites (tertiary alicyclic amines) is 1. The van der Waals surface area contributed by atoms with E-state index in [4.69, 9.17) is 5.73 Å². The average Bonchev–Trinajstić information content (AvgIpc) is 3.44. The number of carbonyl (C=O) groups is 3. The normalized spacial score (nSPS) is 19.6. The van der Waals surface area contributed by atoms with Gasteiger partial charge in [0, 0.05) is 24.9 Å². The van der Waals surface area contributed by atoms with Crippen LogP contribution in [-0.2, 0) is 27.1 Å². The minimum absolute atomic E-state index is 0.158. The molecule has 0 spiro atoms. The maximum Gasteiger partial charge on any atom is 0.416 e. The number of rotatable bonds is 12. The van der Waals surface area contributed by atoms with Crippen LogP contribution in [-0.4, -0.2) is 35.2 Å². The van der Waals surface area contributed by atoms with E-state index in [1.807, 2.05) is 31.2 Å². The summed E-state index contributed by atoms with van der Waals surface area (Å²) in [6.07, 6.45) is 4.95. The first kappa shape index (κ1) is 32.6. The van der Waals surface area contributed by atoms with Gasteiger partial charge in [-0.1, -0.05) is 75.8 Å². The molecule has 6 nitrogen and oxygen atoms in total. The highest BCUT2D eigenvalue weighted by Gasteiger charge is 2.37. The minimum Gasteiger partial charge on any atom is -0.369 e. The van der Waals surface area contributed by atoms with Crippen molar-refractivity contribution in [3.8, 4) is 11.1 Å². The van der Waals surface area contributed by atoms with Gasteiger partial charge in [-0.2, -0.15) is 13.2 Å². The number of unbranched alkanes of at least 4 members (excludes halogenated alkanes) is 1. The van der Waals surface area contributed by atoms with Crippen molar-refractivity contribution in [3.05, 3.63) is 59.7 Å². The van der Waals surface area contributed by atoms with Gasteiger partial charge in [-0.25, -0.2) is 0 Å². The second kappa shape index (κ2) is 14.9. The lowest BCUT2D eigenvalue weighted by Gasteiger charge is -2.30. The van der Waals surface area contributed by atoms with Crippen LogP contribution in [0.5, 0.6) is 0 Å². The van der Waals surface area contributed by atoms with Gasteiger partial charge in [0.2, 0.25) is 17.7 Å². The van der Waals surface area contributed by atoms with Crippen molar-refractivity contribution in [1.82, 2.24) is 10.2 Å². The number of nitrogens with one attached hydrogen (secondary N) is 1. The highest BCUT2D eigenvalue weighted by atomic mass is 19.4. The lowest BCUT2D eigenvalue weighted by molar-refractivity contribution is -0.139. The van der Waals surface area contributed by atoms with Crippen molar-refractivity contribution in [2.24, 2.45) is 23.5 Å². The zero-order chi connectivity index (χ0) is 31.0. The van der Waals surface area contributed by atoms with Crippen molar-refractivity contribution in [2.45, 2.75) is 96.3 Å². The fourth-order valence-electron chi connectivity index (χ4n) is 6.62. The van der Waals surface area contributed by atoms with Crippen molar-refractivity contribution in [1.29, 1.82) is 0 Å². The summed E-state index contributed by atoms with van der Waals surface area (Å²) in [5.41, 5.74) is 7.39. The molecule has 1 saturated heterocycles. The molecule has 0 radical (unpaired) electrons. The number of hydrogen-bond donors (Lipinski definition) is 2. The van der Waals surface area contributed by atoms with Gasteiger partial charge in [0.15, 0.2) is 0 Å². The zero-order valence-electron chi connectivity index (χ0n) is 25.0. The number of primary amides is 1. The molecule has 0 bridgehead atoms. The summed E-state index contributed by atoms with van der Waals surface area (Å²) in [5, 5.41) is 3.04. The second-order valence-corrected chi connectivity index (χ2v) is 12.2. The molecule has 43 heavy (non-hydrogen) atoms. The fourth-order valence-corrected chi connectivity index (χ4v) is 6.62. The Morgan fingerprint density at radius 2 is 1.67 bits per heavy atom. The Bertz CT molecular complexity index is 1240. The molecule has 3 amide bonds. The summed E-state index contributed by atoms with van der Waals surface area (Å²) >= 11 is 0. The van der Waals surface area contributed by atoms with Crippen LogP contribution in [0.15, 0.2) is 48.5 Å². The summed E-state index contributed by atoms with van der Waals surface area (Å²) in [7, 11) is 0. The summed E-state index contributed by atoms with van der Waals surface area (Å²) in [4.78, 5) is 41.7. The SMILES string of the molecule is CCCC[C@H](C(N)=O)[C@@H](CC1CCCC1)C(=O)N[C@H]1CCCCN(Cc2cccc(-c3ccc(C(F)(F)F)cc3)c2)C1=O. The molecule has 234 valence electrons. The maximum absolute atomic E-state index is 13.8. The smallest absolute Gasteiger partial charge is 0.369 e. The van der Waals surface area contributed by atoms with Crippen LogP contribution in [0.25, 0.3) is 11.1 Å². The maximum atomic E-state index is 13.8. The molecule has 2 aromatic rings. The Morgan fingerprint density at radius 3 is 2.33 bits per heavy atom. The number of benzene rings is 2. The molecule has 3 atom stereocenters. The average molecular weight is 600 g/mol. The van der Waals surface area contributed by atoms with E-state index < -0.39 is 35.5 Å². The quantitative estimate of drug-likeness (QED) is 0.279. The lowest BCUT2D eigenvalue weighted by Crippen LogP contribution is -2.50. The molecular formula is C34H44F3N3O3. The third-order valence-corrected chi connectivity index (χ3v) is 9.06. The molecule has 2 fully saturated rings. The van der Waals surface area contributed by atoms with Crippen LogP contribution in [0, 0.1) is 17.8 Å². The molecule has 0 unspecified atom stereocenters. The van der Waals surface area contributed by atoms with E-state index in [9.17, 15) is 27.6 Å². The third kappa shape index (κ3) is 8.83. The second-order valence-electron chi connectivity index (χ2n) is 12.2. The highest BCUT2D eigenvalue weighted by Crippen LogP contribution is 2.35. The molecule has 1 aliphatic carbocycles. The van der Waals surface area contributed by atoms with Gasteiger partial charge in [-0.05, 0) is 72.9 Å². The van der Waals surface area contributed by atoms with E-state index in [1.54, 1.807) is 4.90 Å². The summed E-state index contributed by atoms with van der Waals surface area (Å²) in [6.45, 7) is 2.91. The number of nitrogens with two attached hydrogens (primary N) is 1. The third-order valence-electron chi connectivity index (χ3n) is 9.06. The van der Waals surface area contributed by atoms with Gasteiger partial charge < -0.3 is 16.0 Å². The number of hydrogen-bond acceptors (Lipinski definition) is 3. The van der Waals surface area contributed by atoms with Gasteiger partial charge in [0.25, 0.3) is 0 Å². The molecule has 4 rings (SSSR count). The van der Waals surface area contributed by atoms with E-state index in [2.05, 4.69) is 5.32 Å². The number of amides is 3. The Morgan fingerprint density at radius 1 is 0.977 bits per heavy atom. The van der Waals surface area contributed by atoms with E-state index >= 15 is 0 Å². The number of nitrogens with zero attached hydrogens (tertiary/aromatic N) is 1. The predicted octanol–water partition coefficient (Wildman–Crippen LogP) is 6.86. The van der Waals surface area contributed by atoms with Crippen molar-refractivity contribution in [2.75, 3.05) is 6.54 Å².